The molecule has 1 aromatic carbocycles. The molecule has 1 N–H and O–H groups in total. The van der Waals surface area contributed by atoms with E-state index in [2.05, 4.69) is 11.6 Å². The van der Waals surface area contributed by atoms with E-state index in [0.717, 1.165) is 29.1 Å². The molecule has 0 radical (unpaired) electrons. The highest BCUT2D eigenvalue weighted by molar-refractivity contribution is 6.11. The van der Waals surface area contributed by atoms with Gasteiger partial charge < -0.3 is 14.4 Å². The summed E-state index contributed by atoms with van der Waals surface area (Å²) in [6.07, 6.45) is 4.22. The largest absolute Gasteiger partial charge is 0.464 e. The lowest BCUT2D eigenvalue weighted by atomic mass is 9.92. The minimum Gasteiger partial charge on any atom is -0.464 e. The number of allylic oxidation sites excluding steroid dienone is 2. The lowest BCUT2D eigenvalue weighted by Crippen LogP contribution is -2.18. The zero-order valence-electron chi connectivity index (χ0n) is 16.2. The lowest BCUT2D eigenvalue weighted by Gasteiger charge is -2.19. The van der Waals surface area contributed by atoms with Crippen LogP contribution in [0.3, 0.4) is 0 Å². The van der Waals surface area contributed by atoms with Crippen LogP contribution in [-0.4, -0.2) is 33.5 Å². The monoisotopic (exact) mass is 390 g/mol. The number of ketones is 1. The van der Waals surface area contributed by atoms with Crippen molar-refractivity contribution in [3.63, 3.8) is 0 Å². The number of nitrogens with zero attached hydrogens (tertiary/aromatic N) is 2. The average molecular weight is 390 g/mol. The van der Waals surface area contributed by atoms with Gasteiger partial charge in [-0.2, -0.15) is 0 Å². The highest BCUT2D eigenvalue weighted by Gasteiger charge is 2.28. The zero-order valence-corrected chi connectivity index (χ0v) is 16.2. The molecule has 0 amide bonds. The Balaban J connectivity index is 2.08. The first-order chi connectivity index (χ1) is 14.1. The molecule has 4 rings (SSSR count). The number of carbonyl (C=O) groups is 2. The smallest absolute Gasteiger partial charge is 0.356 e. The van der Waals surface area contributed by atoms with Crippen molar-refractivity contribution >= 4 is 33.6 Å². The number of pyridine rings is 1. The SMILES string of the molecule is C=CCn1c2ccccc2c2cc(C(=O)OC)nc(C(O)C3=CCCCC3=O)c21. The average Bonchev–Trinajstić information content (AvgIpc) is 3.06. The normalized spacial score (nSPS) is 15.4. The summed E-state index contributed by atoms with van der Waals surface area (Å²) >= 11 is 0. The number of aliphatic hydroxyl groups excluding tert-OH is 1. The summed E-state index contributed by atoms with van der Waals surface area (Å²) in [5.74, 6) is -0.682. The highest BCUT2D eigenvalue weighted by atomic mass is 16.5. The van der Waals surface area contributed by atoms with Gasteiger partial charge in [-0.3, -0.25) is 4.79 Å². The van der Waals surface area contributed by atoms with Gasteiger partial charge in [0, 0.05) is 34.8 Å². The minimum absolute atomic E-state index is 0.0893. The fourth-order valence-corrected chi connectivity index (χ4v) is 4.01. The third-order valence-corrected chi connectivity index (χ3v) is 5.33. The number of fused-ring (bicyclic) bond motifs is 3. The van der Waals surface area contributed by atoms with Crippen LogP contribution in [0.15, 0.2) is 54.6 Å². The van der Waals surface area contributed by atoms with E-state index in [1.807, 2.05) is 28.8 Å². The first kappa shape index (κ1) is 19.1. The molecule has 1 aliphatic carbocycles. The van der Waals surface area contributed by atoms with Gasteiger partial charge in [-0.15, -0.1) is 6.58 Å². The van der Waals surface area contributed by atoms with Crippen LogP contribution in [0.2, 0.25) is 0 Å². The number of rotatable bonds is 5. The summed E-state index contributed by atoms with van der Waals surface area (Å²) < 4.78 is 6.86. The Hall–Kier alpha value is -3.25. The molecule has 0 fully saturated rings. The van der Waals surface area contributed by atoms with Crippen molar-refractivity contribution < 1.29 is 19.4 Å². The van der Waals surface area contributed by atoms with E-state index in [9.17, 15) is 14.7 Å². The molecule has 0 bridgehead atoms. The fourth-order valence-electron chi connectivity index (χ4n) is 4.01. The molecule has 2 heterocycles. The van der Waals surface area contributed by atoms with Gasteiger partial charge in [0.25, 0.3) is 0 Å². The van der Waals surface area contributed by atoms with Crippen molar-refractivity contribution in [3.8, 4) is 0 Å². The number of Topliss-reactive ketones (excluding diaryl/α,β-unsaturated/α-hetero) is 1. The van der Waals surface area contributed by atoms with Crippen LogP contribution >= 0.6 is 0 Å². The Morgan fingerprint density at radius 3 is 2.90 bits per heavy atom. The van der Waals surface area contributed by atoms with Gasteiger partial charge in [-0.05, 0) is 25.0 Å². The molecule has 2 aromatic heterocycles. The number of esters is 1. The molecule has 1 atom stereocenters. The van der Waals surface area contributed by atoms with Crippen LogP contribution in [-0.2, 0) is 16.1 Å². The fraction of sp³-hybridized carbons (Fsp3) is 0.261. The van der Waals surface area contributed by atoms with Gasteiger partial charge in [0.05, 0.1) is 18.3 Å². The molecular formula is C23H22N2O4. The third kappa shape index (κ3) is 3.15. The van der Waals surface area contributed by atoms with Crippen molar-refractivity contribution in [2.45, 2.75) is 31.9 Å². The van der Waals surface area contributed by atoms with Crippen molar-refractivity contribution in [3.05, 3.63) is 66.0 Å². The molecule has 29 heavy (non-hydrogen) atoms. The summed E-state index contributed by atoms with van der Waals surface area (Å²) in [4.78, 5) is 29.1. The van der Waals surface area contributed by atoms with Crippen LogP contribution in [0.25, 0.3) is 21.8 Å². The second kappa shape index (κ2) is 7.64. The number of hydrogen-bond donors (Lipinski definition) is 1. The number of para-hydroxylation sites is 1. The summed E-state index contributed by atoms with van der Waals surface area (Å²) in [5.41, 5.74) is 2.33. The second-order valence-corrected chi connectivity index (χ2v) is 7.07. The number of aromatic nitrogens is 2. The molecular weight excluding hydrogens is 368 g/mol. The van der Waals surface area contributed by atoms with E-state index < -0.39 is 12.1 Å². The summed E-state index contributed by atoms with van der Waals surface area (Å²) in [6, 6.07) is 9.45. The lowest BCUT2D eigenvalue weighted by molar-refractivity contribution is -0.117. The van der Waals surface area contributed by atoms with Crippen LogP contribution in [0, 0.1) is 0 Å². The Morgan fingerprint density at radius 1 is 1.38 bits per heavy atom. The van der Waals surface area contributed by atoms with Crippen molar-refractivity contribution in [1.82, 2.24) is 9.55 Å². The van der Waals surface area contributed by atoms with E-state index in [4.69, 9.17) is 4.74 Å². The second-order valence-electron chi connectivity index (χ2n) is 7.07. The van der Waals surface area contributed by atoms with Crippen LogP contribution in [0.4, 0.5) is 0 Å². The molecule has 0 saturated heterocycles. The first-order valence-corrected chi connectivity index (χ1v) is 9.59. The molecule has 3 aromatic rings. The van der Waals surface area contributed by atoms with Crippen LogP contribution in [0.1, 0.15) is 41.5 Å². The van der Waals surface area contributed by atoms with Gasteiger partial charge in [0.1, 0.15) is 11.8 Å². The van der Waals surface area contributed by atoms with Gasteiger partial charge in [0.15, 0.2) is 5.78 Å². The molecule has 6 nitrogen and oxygen atoms in total. The van der Waals surface area contributed by atoms with E-state index in [1.54, 1.807) is 18.2 Å². The Labute approximate surface area is 168 Å². The summed E-state index contributed by atoms with van der Waals surface area (Å²) in [6.45, 7) is 4.34. The van der Waals surface area contributed by atoms with E-state index in [1.165, 1.54) is 7.11 Å². The molecule has 1 aliphatic rings. The number of aliphatic hydroxyl groups is 1. The van der Waals surface area contributed by atoms with E-state index in [0.29, 0.717) is 24.1 Å². The van der Waals surface area contributed by atoms with Crippen molar-refractivity contribution in [2.24, 2.45) is 0 Å². The van der Waals surface area contributed by atoms with E-state index in [-0.39, 0.29) is 17.2 Å². The quantitative estimate of drug-likeness (QED) is 0.528. The molecule has 0 saturated carbocycles. The Kier molecular flexibility index (Phi) is 5.03. The Bertz CT molecular complexity index is 1170. The predicted molar refractivity (Wildman–Crippen MR) is 111 cm³/mol. The molecule has 0 spiro atoms. The zero-order chi connectivity index (χ0) is 20.5. The maximum absolute atomic E-state index is 12.4. The highest BCUT2D eigenvalue weighted by Crippen LogP contribution is 2.36. The number of carbonyl (C=O) groups excluding carboxylic acids is 2. The summed E-state index contributed by atoms with van der Waals surface area (Å²) in [5, 5.41) is 12.9. The minimum atomic E-state index is -1.22. The Morgan fingerprint density at radius 2 is 2.17 bits per heavy atom. The molecule has 6 heteroatoms. The maximum atomic E-state index is 12.4. The molecule has 1 unspecified atom stereocenters. The predicted octanol–water partition coefficient (Wildman–Crippen LogP) is 3.87. The summed E-state index contributed by atoms with van der Waals surface area (Å²) in [7, 11) is 1.29. The number of ether oxygens (including phenoxy) is 1. The maximum Gasteiger partial charge on any atom is 0.356 e. The van der Waals surface area contributed by atoms with Crippen molar-refractivity contribution in [2.75, 3.05) is 7.11 Å². The third-order valence-electron chi connectivity index (χ3n) is 5.33. The number of hydrogen-bond acceptors (Lipinski definition) is 5. The number of methoxy groups -OCH3 is 1. The number of benzene rings is 1. The van der Waals surface area contributed by atoms with E-state index >= 15 is 0 Å². The molecule has 148 valence electrons. The van der Waals surface area contributed by atoms with Crippen molar-refractivity contribution in [1.29, 1.82) is 0 Å². The van der Waals surface area contributed by atoms with Gasteiger partial charge in [-0.25, -0.2) is 9.78 Å². The van der Waals surface area contributed by atoms with Crippen LogP contribution in [0.5, 0.6) is 0 Å². The van der Waals surface area contributed by atoms with Gasteiger partial charge >= 0.3 is 5.97 Å². The van der Waals surface area contributed by atoms with Gasteiger partial charge in [-0.1, -0.05) is 30.4 Å². The van der Waals surface area contributed by atoms with Gasteiger partial charge in [0.2, 0.25) is 0 Å². The first-order valence-electron chi connectivity index (χ1n) is 9.59. The standard InChI is InChI=1S/C23H22N2O4/c1-3-12-25-18-10-6-4-8-14(18)16-13-17(23(28)29-2)24-20(21(16)25)22(27)15-9-5-7-11-19(15)26/h3-4,6,8-10,13,22,27H,1,5,7,11-12H2,2H3. The van der Waals surface area contributed by atoms with Crippen LogP contribution < -0.4 is 0 Å². The molecule has 0 aliphatic heterocycles. The topological polar surface area (TPSA) is 81.4 Å².